The molecule has 3 aromatic rings. The van der Waals surface area contributed by atoms with Crippen LogP contribution in [0.15, 0.2) is 47.6 Å². The van der Waals surface area contributed by atoms with Crippen LogP contribution < -0.4 is 0 Å². The molecule has 0 aliphatic rings. The zero-order chi connectivity index (χ0) is 13.2. The number of nitrogens with zero attached hydrogens (tertiary/aromatic N) is 1. The van der Waals surface area contributed by atoms with Gasteiger partial charge in [0.05, 0.1) is 22.4 Å². The summed E-state index contributed by atoms with van der Waals surface area (Å²) in [7, 11) is 0. The molecule has 1 aromatic heterocycles. The van der Waals surface area contributed by atoms with Crippen molar-refractivity contribution >= 4 is 34.4 Å². The number of H-pyrrole nitrogens is 1. The number of aromatic amines is 1. The lowest BCUT2D eigenvalue weighted by molar-refractivity contribution is 1.34. The summed E-state index contributed by atoms with van der Waals surface area (Å²) in [5.74, 6) is 0.913. The first-order valence-electron chi connectivity index (χ1n) is 6.03. The summed E-state index contributed by atoms with van der Waals surface area (Å²) < 4.78 is 0. The highest BCUT2D eigenvalue weighted by molar-refractivity contribution is 7.98. The molecule has 0 aliphatic heterocycles. The Labute approximate surface area is 121 Å². The molecular weight excluding hydrogens is 276 g/mol. The third-order valence-corrected chi connectivity index (χ3v) is 4.54. The molecule has 0 spiro atoms. The van der Waals surface area contributed by atoms with Crippen LogP contribution in [0.5, 0.6) is 0 Å². The van der Waals surface area contributed by atoms with Gasteiger partial charge in [-0.2, -0.15) is 0 Å². The predicted molar refractivity (Wildman–Crippen MR) is 81.8 cm³/mol. The van der Waals surface area contributed by atoms with Crippen molar-refractivity contribution in [2.24, 2.45) is 0 Å². The van der Waals surface area contributed by atoms with Crippen molar-refractivity contribution in [1.82, 2.24) is 9.97 Å². The standard InChI is InChI=1S/C15H13ClN2S/c1-10-2-4-11(5-3-10)8-19-15-7-14-13(6-12(15)16)17-9-18-14/h2-7,9H,8H2,1H3,(H,17,18). The molecular formula is C15H13ClN2S. The molecule has 19 heavy (non-hydrogen) atoms. The lowest BCUT2D eigenvalue weighted by Gasteiger charge is -2.05. The number of aryl methyl sites for hydroxylation is 1. The number of thioether (sulfide) groups is 1. The Kier molecular flexibility index (Phi) is 3.49. The molecule has 96 valence electrons. The number of hydrogen-bond donors (Lipinski definition) is 1. The zero-order valence-electron chi connectivity index (χ0n) is 10.5. The van der Waals surface area contributed by atoms with Crippen molar-refractivity contribution in [3.8, 4) is 0 Å². The second kappa shape index (κ2) is 5.27. The Hall–Kier alpha value is -1.45. The second-order valence-corrected chi connectivity index (χ2v) is 5.90. The van der Waals surface area contributed by atoms with Gasteiger partial charge in [0.25, 0.3) is 0 Å². The molecule has 1 heterocycles. The van der Waals surface area contributed by atoms with Gasteiger partial charge in [-0.15, -0.1) is 11.8 Å². The number of halogens is 1. The van der Waals surface area contributed by atoms with Gasteiger partial charge in [0.1, 0.15) is 0 Å². The molecule has 0 saturated carbocycles. The molecule has 0 unspecified atom stereocenters. The number of aromatic nitrogens is 2. The van der Waals surface area contributed by atoms with E-state index in [1.807, 2.05) is 12.1 Å². The molecule has 2 aromatic carbocycles. The van der Waals surface area contributed by atoms with Gasteiger partial charge in [-0.05, 0) is 24.6 Å². The summed E-state index contributed by atoms with van der Waals surface area (Å²) in [5.41, 5.74) is 4.51. The fourth-order valence-electron chi connectivity index (χ4n) is 1.89. The van der Waals surface area contributed by atoms with Gasteiger partial charge in [0, 0.05) is 10.6 Å². The maximum absolute atomic E-state index is 6.28. The summed E-state index contributed by atoms with van der Waals surface area (Å²) in [6.45, 7) is 2.10. The van der Waals surface area contributed by atoms with Gasteiger partial charge in [0.2, 0.25) is 0 Å². The lowest BCUT2D eigenvalue weighted by Crippen LogP contribution is -1.82. The van der Waals surface area contributed by atoms with Crippen molar-refractivity contribution in [2.75, 3.05) is 0 Å². The van der Waals surface area contributed by atoms with E-state index in [1.165, 1.54) is 11.1 Å². The van der Waals surface area contributed by atoms with Gasteiger partial charge < -0.3 is 4.98 Å². The summed E-state index contributed by atoms with van der Waals surface area (Å²) >= 11 is 8.02. The molecule has 0 atom stereocenters. The molecule has 1 N–H and O–H groups in total. The topological polar surface area (TPSA) is 28.7 Å². The van der Waals surface area contributed by atoms with E-state index < -0.39 is 0 Å². The van der Waals surface area contributed by atoms with E-state index in [0.717, 1.165) is 26.7 Å². The molecule has 4 heteroatoms. The highest BCUT2D eigenvalue weighted by atomic mass is 35.5. The van der Waals surface area contributed by atoms with Gasteiger partial charge >= 0.3 is 0 Å². The van der Waals surface area contributed by atoms with Crippen LogP contribution in [0.25, 0.3) is 11.0 Å². The van der Waals surface area contributed by atoms with Crippen LogP contribution in [0, 0.1) is 6.92 Å². The van der Waals surface area contributed by atoms with E-state index in [9.17, 15) is 0 Å². The van der Waals surface area contributed by atoms with Crippen LogP contribution in [-0.2, 0) is 5.75 Å². The molecule has 3 rings (SSSR count). The van der Waals surface area contributed by atoms with Crippen molar-refractivity contribution in [3.63, 3.8) is 0 Å². The molecule has 0 aliphatic carbocycles. The minimum absolute atomic E-state index is 0.772. The highest BCUT2D eigenvalue weighted by Crippen LogP contribution is 2.32. The highest BCUT2D eigenvalue weighted by Gasteiger charge is 2.06. The van der Waals surface area contributed by atoms with E-state index in [1.54, 1.807) is 18.1 Å². The third-order valence-electron chi connectivity index (χ3n) is 2.99. The van der Waals surface area contributed by atoms with Gasteiger partial charge in [-0.25, -0.2) is 4.98 Å². The summed E-state index contributed by atoms with van der Waals surface area (Å²) in [6.07, 6.45) is 1.69. The summed E-state index contributed by atoms with van der Waals surface area (Å²) in [6, 6.07) is 12.5. The average Bonchev–Trinajstić information content (AvgIpc) is 2.85. The van der Waals surface area contributed by atoms with Crippen molar-refractivity contribution in [3.05, 3.63) is 58.9 Å². The van der Waals surface area contributed by atoms with Crippen LogP contribution in [0.4, 0.5) is 0 Å². The van der Waals surface area contributed by atoms with E-state index in [-0.39, 0.29) is 0 Å². The quantitative estimate of drug-likeness (QED) is 0.700. The monoisotopic (exact) mass is 288 g/mol. The molecule has 0 amide bonds. The third kappa shape index (κ3) is 2.77. The smallest absolute Gasteiger partial charge is 0.0931 e. The van der Waals surface area contributed by atoms with Crippen LogP contribution in [-0.4, -0.2) is 9.97 Å². The van der Waals surface area contributed by atoms with Crippen LogP contribution in [0.3, 0.4) is 0 Å². The Morgan fingerprint density at radius 3 is 2.79 bits per heavy atom. The van der Waals surface area contributed by atoms with E-state index in [4.69, 9.17) is 11.6 Å². The minimum Gasteiger partial charge on any atom is -0.345 e. The van der Waals surface area contributed by atoms with E-state index >= 15 is 0 Å². The minimum atomic E-state index is 0.772. The number of fused-ring (bicyclic) bond motifs is 1. The number of hydrogen-bond acceptors (Lipinski definition) is 2. The molecule has 0 saturated heterocycles. The van der Waals surface area contributed by atoms with E-state index in [0.29, 0.717) is 0 Å². The van der Waals surface area contributed by atoms with Crippen LogP contribution in [0.2, 0.25) is 5.02 Å². The Bertz CT molecular complexity index is 704. The van der Waals surface area contributed by atoms with Gasteiger partial charge in [-0.3, -0.25) is 0 Å². The molecule has 0 fully saturated rings. The SMILES string of the molecule is Cc1ccc(CSc2cc3nc[nH]c3cc2Cl)cc1. The van der Waals surface area contributed by atoms with Crippen molar-refractivity contribution in [2.45, 2.75) is 17.6 Å². The second-order valence-electron chi connectivity index (χ2n) is 4.48. The van der Waals surface area contributed by atoms with Crippen molar-refractivity contribution in [1.29, 1.82) is 0 Å². The van der Waals surface area contributed by atoms with Crippen LogP contribution in [0.1, 0.15) is 11.1 Å². The number of nitrogens with one attached hydrogen (secondary N) is 1. The lowest BCUT2D eigenvalue weighted by atomic mass is 10.2. The zero-order valence-corrected chi connectivity index (χ0v) is 12.1. The first kappa shape index (κ1) is 12.6. The number of benzene rings is 2. The van der Waals surface area contributed by atoms with Crippen molar-refractivity contribution < 1.29 is 0 Å². The van der Waals surface area contributed by atoms with Gasteiger partial charge in [0.15, 0.2) is 0 Å². The van der Waals surface area contributed by atoms with E-state index in [2.05, 4.69) is 41.2 Å². The maximum atomic E-state index is 6.28. The van der Waals surface area contributed by atoms with Gasteiger partial charge in [-0.1, -0.05) is 41.4 Å². The Balaban J connectivity index is 1.80. The Morgan fingerprint density at radius 2 is 2.00 bits per heavy atom. The maximum Gasteiger partial charge on any atom is 0.0931 e. The fraction of sp³-hybridized carbons (Fsp3) is 0.133. The first-order valence-corrected chi connectivity index (χ1v) is 7.40. The predicted octanol–water partition coefficient (Wildman–Crippen LogP) is 4.82. The summed E-state index contributed by atoms with van der Waals surface area (Å²) in [5, 5.41) is 0.772. The normalized spacial score (nSPS) is 11.1. The van der Waals surface area contributed by atoms with Crippen LogP contribution >= 0.6 is 23.4 Å². The number of imidazole rings is 1. The summed E-state index contributed by atoms with van der Waals surface area (Å²) in [4.78, 5) is 8.39. The largest absolute Gasteiger partial charge is 0.345 e. The molecule has 2 nitrogen and oxygen atoms in total. The first-order chi connectivity index (χ1) is 9.22. The number of rotatable bonds is 3. The average molecular weight is 289 g/mol. The molecule has 0 bridgehead atoms. The fourth-order valence-corrected chi connectivity index (χ4v) is 3.13. The Morgan fingerprint density at radius 1 is 1.21 bits per heavy atom. The molecule has 0 radical (unpaired) electrons.